The predicted molar refractivity (Wildman–Crippen MR) is 73.9 cm³/mol. The van der Waals surface area contributed by atoms with Crippen LogP contribution < -0.4 is 4.74 Å². The second-order valence-electron chi connectivity index (χ2n) is 3.76. The first-order valence-electron chi connectivity index (χ1n) is 5.43. The average molecular weight is 292 g/mol. The van der Waals surface area contributed by atoms with Gasteiger partial charge in [0, 0.05) is 12.3 Å². The van der Waals surface area contributed by atoms with Crippen LogP contribution in [-0.4, -0.2) is 15.0 Å². The second kappa shape index (κ2) is 4.99. The number of nitrogens with zero attached hydrogens (tertiary/aromatic N) is 3. The lowest BCUT2D eigenvalue weighted by Gasteiger charge is -2.07. The summed E-state index contributed by atoms with van der Waals surface area (Å²) in [6.45, 7) is 0. The van der Waals surface area contributed by atoms with Gasteiger partial charge in [0.1, 0.15) is 5.75 Å². The van der Waals surface area contributed by atoms with Crippen molar-refractivity contribution >= 4 is 34.1 Å². The van der Waals surface area contributed by atoms with E-state index in [1.807, 2.05) is 24.3 Å². The maximum Gasteiger partial charge on any atom is 0.231 e. The third-order valence-electron chi connectivity index (χ3n) is 2.44. The van der Waals surface area contributed by atoms with Gasteiger partial charge >= 0.3 is 0 Å². The van der Waals surface area contributed by atoms with Gasteiger partial charge in [-0.1, -0.05) is 23.7 Å². The number of ether oxygens (including phenoxy) is 1. The molecule has 2 heterocycles. The summed E-state index contributed by atoms with van der Waals surface area (Å²) in [7, 11) is 0. The highest BCUT2D eigenvalue weighted by Gasteiger charge is 2.08. The van der Waals surface area contributed by atoms with E-state index in [1.165, 1.54) is 6.20 Å². The lowest BCUT2D eigenvalue weighted by Crippen LogP contribution is -1.93. The normalized spacial score (nSPS) is 10.6. The van der Waals surface area contributed by atoms with Crippen molar-refractivity contribution in [1.82, 2.24) is 15.0 Å². The van der Waals surface area contributed by atoms with Gasteiger partial charge in [0.25, 0.3) is 0 Å². The monoisotopic (exact) mass is 291 g/mol. The summed E-state index contributed by atoms with van der Waals surface area (Å²) in [6, 6.07) is 9.10. The van der Waals surface area contributed by atoms with Crippen LogP contribution in [0.3, 0.4) is 0 Å². The molecule has 0 saturated heterocycles. The first-order chi connectivity index (χ1) is 9.22. The van der Waals surface area contributed by atoms with E-state index < -0.39 is 0 Å². The number of hydrogen-bond donors (Lipinski definition) is 0. The van der Waals surface area contributed by atoms with E-state index in [2.05, 4.69) is 15.0 Å². The number of aromatic nitrogens is 3. The third kappa shape index (κ3) is 2.59. The third-order valence-corrected chi connectivity index (χ3v) is 2.81. The Balaban J connectivity index is 2.09. The summed E-state index contributed by atoms with van der Waals surface area (Å²) < 4.78 is 5.67. The largest absolute Gasteiger partial charge is 0.437 e. The first-order valence-corrected chi connectivity index (χ1v) is 6.19. The van der Waals surface area contributed by atoms with Crippen molar-refractivity contribution in [3.8, 4) is 11.6 Å². The number of fused-ring (bicyclic) bond motifs is 1. The Labute approximate surface area is 119 Å². The van der Waals surface area contributed by atoms with Crippen molar-refractivity contribution in [2.24, 2.45) is 0 Å². The van der Waals surface area contributed by atoms with E-state index in [0.29, 0.717) is 22.2 Å². The molecule has 0 atom stereocenters. The van der Waals surface area contributed by atoms with Crippen LogP contribution in [0.1, 0.15) is 0 Å². The molecule has 0 bridgehead atoms. The van der Waals surface area contributed by atoms with Crippen molar-refractivity contribution in [3.63, 3.8) is 0 Å². The highest BCUT2D eigenvalue weighted by Crippen LogP contribution is 2.28. The van der Waals surface area contributed by atoms with Crippen LogP contribution in [0.2, 0.25) is 10.3 Å². The summed E-state index contributed by atoms with van der Waals surface area (Å²) in [5, 5.41) is 1.39. The lowest BCUT2D eigenvalue weighted by atomic mass is 10.2. The molecule has 0 unspecified atom stereocenters. The van der Waals surface area contributed by atoms with Gasteiger partial charge < -0.3 is 4.74 Å². The lowest BCUT2D eigenvalue weighted by molar-refractivity contribution is 0.466. The number of para-hydroxylation sites is 1. The van der Waals surface area contributed by atoms with Crippen molar-refractivity contribution < 1.29 is 4.74 Å². The first kappa shape index (κ1) is 12.1. The summed E-state index contributed by atoms with van der Waals surface area (Å²) >= 11 is 11.7. The van der Waals surface area contributed by atoms with Crippen molar-refractivity contribution in [2.75, 3.05) is 0 Å². The molecule has 3 rings (SSSR count). The molecule has 0 spiro atoms. The molecule has 0 saturated carbocycles. The Hall–Kier alpha value is -1.91. The summed E-state index contributed by atoms with van der Waals surface area (Å²) in [6.07, 6.45) is 3.08. The second-order valence-corrected chi connectivity index (χ2v) is 4.53. The molecule has 2 aromatic heterocycles. The van der Waals surface area contributed by atoms with Gasteiger partial charge in [-0.3, -0.25) is 4.98 Å². The molecule has 1 aromatic carbocycles. The highest BCUT2D eigenvalue weighted by molar-refractivity contribution is 6.30. The Morgan fingerprint density at radius 1 is 1.00 bits per heavy atom. The molecule has 94 valence electrons. The Kier molecular flexibility index (Phi) is 3.19. The minimum atomic E-state index is 0.128. The zero-order valence-electron chi connectivity index (χ0n) is 9.55. The standard InChI is InChI=1S/C13H7Cl2N3O/c14-8-5-9(7-16-6-8)19-12-10-3-1-2-4-11(10)17-13(15)18-12/h1-7H. The van der Waals surface area contributed by atoms with Gasteiger partial charge in [-0.05, 0) is 23.7 Å². The highest BCUT2D eigenvalue weighted by atomic mass is 35.5. The quantitative estimate of drug-likeness (QED) is 0.666. The average Bonchev–Trinajstić information content (AvgIpc) is 2.38. The smallest absolute Gasteiger partial charge is 0.231 e. The fraction of sp³-hybridized carbons (Fsp3) is 0. The summed E-state index contributed by atoms with van der Waals surface area (Å²) in [5.74, 6) is 0.868. The Morgan fingerprint density at radius 2 is 1.84 bits per heavy atom. The van der Waals surface area contributed by atoms with Crippen LogP contribution in [0.15, 0.2) is 42.7 Å². The molecule has 0 aliphatic carbocycles. The fourth-order valence-corrected chi connectivity index (χ4v) is 1.99. The summed E-state index contributed by atoms with van der Waals surface area (Å²) in [5.41, 5.74) is 0.715. The number of benzene rings is 1. The van der Waals surface area contributed by atoms with E-state index in [1.54, 1.807) is 12.3 Å². The molecule has 4 nitrogen and oxygen atoms in total. The van der Waals surface area contributed by atoms with E-state index >= 15 is 0 Å². The van der Waals surface area contributed by atoms with Crippen LogP contribution in [0.4, 0.5) is 0 Å². The van der Waals surface area contributed by atoms with Gasteiger partial charge in [-0.2, -0.15) is 4.98 Å². The molecular formula is C13H7Cl2N3O. The molecule has 0 radical (unpaired) electrons. The molecule has 6 heteroatoms. The summed E-state index contributed by atoms with van der Waals surface area (Å²) in [4.78, 5) is 12.2. The van der Waals surface area contributed by atoms with Crippen LogP contribution in [-0.2, 0) is 0 Å². The molecule has 0 aliphatic rings. The maximum absolute atomic E-state index is 5.88. The molecular weight excluding hydrogens is 285 g/mol. The van der Waals surface area contributed by atoms with E-state index in [9.17, 15) is 0 Å². The van der Waals surface area contributed by atoms with E-state index in [0.717, 1.165) is 5.39 Å². The zero-order chi connectivity index (χ0) is 13.2. The van der Waals surface area contributed by atoms with Gasteiger partial charge in [0.15, 0.2) is 0 Å². The van der Waals surface area contributed by atoms with Gasteiger partial charge in [0.2, 0.25) is 11.2 Å². The Bertz CT molecular complexity index is 749. The molecule has 0 fully saturated rings. The number of halogens is 2. The van der Waals surface area contributed by atoms with E-state index in [4.69, 9.17) is 27.9 Å². The molecule has 0 N–H and O–H groups in total. The minimum absolute atomic E-state index is 0.128. The van der Waals surface area contributed by atoms with Gasteiger partial charge in [-0.15, -0.1) is 0 Å². The number of pyridine rings is 1. The van der Waals surface area contributed by atoms with Crippen LogP contribution >= 0.6 is 23.2 Å². The predicted octanol–water partition coefficient (Wildman–Crippen LogP) is 4.12. The molecule has 0 amide bonds. The van der Waals surface area contributed by atoms with Crippen LogP contribution in [0.25, 0.3) is 10.9 Å². The maximum atomic E-state index is 5.88. The SMILES string of the molecule is Clc1cncc(Oc2nc(Cl)nc3ccccc23)c1. The van der Waals surface area contributed by atoms with E-state index in [-0.39, 0.29) is 5.28 Å². The van der Waals surface area contributed by atoms with Crippen LogP contribution in [0, 0.1) is 0 Å². The van der Waals surface area contributed by atoms with Crippen molar-refractivity contribution in [1.29, 1.82) is 0 Å². The fourth-order valence-electron chi connectivity index (χ4n) is 1.66. The number of rotatable bonds is 2. The molecule has 3 aromatic rings. The topological polar surface area (TPSA) is 47.9 Å². The minimum Gasteiger partial charge on any atom is -0.437 e. The molecule has 0 aliphatic heterocycles. The van der Waals surface area contributed by atoms with Gasteiger partial charge in [-0.25, -0.2) is 4.98 Å². The van der Waals surface area contributed by atoms with Crippen molar-refractivity contribution in [3.05, 3.63) is 53.0 Å². The molecule has 19 heavy (non-hydrogen) atoms. The van der Waals surface area contributed by atoms with Crippen LogP contribution in [0.5, 0.6) is 11.6 Å². The Morgan fingerprint density at radius 3 is 2.68 bits per heavy atom. The number of hydrogen-bond acceptors (Lipinski definition) is 4. The zero-order valence-corrected chi connectivity index (χ0v) is 11.1. The van der Waals surface area contributed by atoms with Gasteiger partial charge in [0.05, 0.1) is 22.1 Å². The van der Waals surface area contributed by atoms with Crippen molar-refractivity contribution in [2.45, 2.75) is 0 Å².